The molecule has 0 saturated carbocycles. The van der Waals surface area contributed by atoms with Crippen LogP contribution in [-0.2, 0) is 9.53 Å². The molecular weight excluding hydrogens is 233 g/mol. The van der Waals surface area contributed by atoms with Gasteiger partial charge >= 0.3 is 5.97 Å². The first kappa shape index (κ1) is 12.9. The molecule has 0 aliphatic heterocycles. The van der Waals surface area contributed by atoms with Crippen molar-refractivity contribution in [3.63, 3.8) is 0 Å². The number of carbonyl (C=O) groups is 1. The quantitative estimate of drug-likeness (QED) is 0.824. The predicted molar refractivity (Wildman–Crippen MR) is 60.1 cm³/mol. The van der Waals surface area contributed by atoms with Crippen molar-refractivity contribution in [2.75, 3.05) is 20.7 Å². The van der Waals surface area contributed by atoms with E-state index >= 15 is 0 Å². The Morgan fingerprint density at radius 1 is 1.62 bits per heavy atom. The first-order valence-corrected chi connectivity index (χ1v) is 5.15. The van der Waals surface area contributed by atoms with Crippen LogP contribution in [-0.4, -0.2) is 26.7 Å². The lowest BCUT2D eigenvalue weighted by Gasteiger charge is -2.14. The first-order chi connectivity index (χ1) is 7.60. The maximum Gasteiger partial charge on any atom is 0.314 e. The summed E-state index contributed by atoms with van der Waals surface area (Å²) in [5, 5.41) is 2.88. The van der Waals surface area contributed by atoms with Gasteiger partial charge in [-0.15, -0.1) is 0 Å². The maximum atomic E-state index is 13.0. The summed E-state index contributed by atoms with van der Waals surface area (Å²) in [5.74, 6) is -1.36. The van der Waals surface area contributed by atoms with E-state index in [9.17, 15) is 9.18 Å². The molecule has 0 fully saturated rings. The van der Waals surface area contributed by atoms with Crippen LogP contribution in [0.3, 0.4) is 0 Å². The maximum absolute atomic E-state index is 13.0. The molecule has 5 heteroatoms. The fourth-order valence-corrected chi connectivity index (χ4v) is 1.60. The second kappa shape index (κ2) is 5.82. The Balaban J connectivity index is 3.01. The Labute approximate surface area is 98.5 Å². The van der Waals surface area contributed by atoms with E-state index in [2.05, 4.69) is 10.1 Å². The highest BCUT2D eigenvalue weighted by atomic mass is 35.5. The molecule has 88 valence electrons. The van der Waals surface area contributed by atoms with Crippen LogP contribution in [0.4, 0.5) is 4.39 Å². The molecule has 0 aliphatic rings. The number of hydrogen-bond acceptors (Lipinski definition) is 3. The number of hydrogen-bond donors (Lipinski definition) is 1. The fourth-order valence-electron chi connectivity index (χ4n) is 1.41. The van der Waals surface area contributed by atoms with Crippen LogP contribution < -0.4 is 5.32 Å². The van der Waals surface area contributed by atoms with Gasteiger partial charge in [0.05, 0.1) is 18.1 Å². The van der Waals surface area contributed by atoms with Crippen LogP contribution in [0.25, 0.3) is 0 Å². The van der Waals surface area contributed by atoms with E-state index in [0.29, 0.717) is 12.1 Å². The SMILES string of the molecule is CNCC(C(=O)OC)c1ccc(F)c(Cl)c1. The van der Waals surface area contributed by atoms with Crippen LogP contribution in [0.2, 0.25) is 5.02 Å². The Morgan fingerprint density at radius 3 is 2.81 bits per heavy atom. The van der Waals surface area contributed by atoms with Crippen molar-refractivity contribution in [2.45, 2.75) is 5.92 Å². The summed E-state index contributed by atoms with van der Waals surface area (Å²) >= 11 is 5.66. The van der Waals surface area contributed by atoms with Gasteiger partial charge in [0, 0.05) is 6.54 Å². The molecule has 1 rings (SSSR count). The zero-order chi connectivity index (χ0) is 12.1. The third-order valence-electron chi connectivity index (χ3n) is 2.24. The van der Waals surface area contributed by atoms with Gasteiger partial charge in [0.25, 0.3) is 0 Å². The molecule has 0 bridgehead atoms. The average Bonchev–Trinajstić information content (AvgIpc) is 2.29. The highest BCUT2D eigenvalue weighted by molar-refractivity contribution is 6.30. The summed E-state index contributed by atoms with van der Waals surface area (Å²) in [6.45, 7) is 0.411. The van der Waals surface area contributed by atoms with E-state index in [1.54, 1.807) is 7.05 Å². The molecule has 1 unspecified atom stereocenters. The number of ether oxygens (including phenoxy) is 1. The predicted octanol–water partition coefficient (Wildman–Crippen LogP) is 1.96. The molecule has 0 aromatic heterocycles. The Hall–Kier alpha value is -1.13. The molecule has 1 N–H and O–H groups in total. The first-order valence-electron chi connectivity index (χ1n) is 4.77. The van der Waals surface area contributed by atoms with Crippen LogP contribution in [0.1, 0.15) is 11.5 Å². The van der Waals surface area contributed by atoms with Gasteiger partial charge in [0.15, 0.2) is 0 Å². The summed E-state index contributed by atoms with van der Waals surface area (Å²) in [6, 6.07) is 4.21. The third kappa shape index (κ3) is 2.93. The molecule has 0 saturated heterocycles. The van der Waals surface area contributed by atoms with Gasteiger partial charge in [0.1, 0.15) is 5.82 Å². The number of methoxy groups -OCH3 is 1. The molecular formula is C11H13ClFNO2. The Morgan fingerprint density at radius 2 is 2.31 bits per heavy atom. The van der Waals surface area contributed by atoms with Crippen LogP contribution in [0, 0.1) is 5.82 Å². The van der Waals surface area contributed by atoms with E-state index in [1.807, 2.05) is 0 Å². The topological polar surface area (TPSA) is 38.3 Å². The number of halogens is 2. The zero-order valence-electron chi connectivity index (χ0n) is 9.09. The standard InChI is InChI=1S/C11H13ClFNO2/c1-14-6-8(11(15)16-2)7-3-4-10(13)9(12)5-7/h3-5,8,14H,6H2,1-2H3. The van der Waals surface area contributed by atoms with Gasteiger partial charge in [-0.2, -0.15) is 0 Å². The third-order valence-corrected chi connectivity index (χ3v) is 2.53. The van der Waals surface area contributed by atoms with E-state index in [0.717, 1.165) is 0 Å². The molecule has 1 aromatic carbocycles. The minimum absolute atomic E-state index is 0.00232. The molecule has 0 heterocycles. The highest BCUT2D eigenvalue weighted by Crippen LogP contribution is 2.22. The Kier molecular flexibility index (Phi) is 4.71. The molecule has 0 spiro atoms. The van der Waals surface area contributed by atoms with Gasteiger partial charge in [-0.05, 0) is 24.7 Å². The number of esters is 1. The molecule has 1 aromatic rings. The van der Waals surface area contributed by atoms with Crippen molar-refractivity contribution < 1.29 is 13.9 Å². The lowest BCUT2D eigenvalue weighted by atomic mass is 9.99. The van der Waals surface area contributed by atoms with Crippen molar-refractivity contribution in [2.24, 2.45) is 0 Å². The smallest absolute Gasteiger partial charge is 0.314 e. The average molecular weight is 246 g/mol. The number of carbonyl (C=O) groups excluding carboxylic acids is 1. The van der Waals surface area contributed by atoms with Gasteiger partial charge in [-0.3, -0.25) is 4.79 Å². The Bertz CT molecular complexity index is 384. The van der Waals surface area contributed by atoms with Crippen LogP contribution in [0.15, 0.2) is 18.2 Å². The normalized spacial score (nSPS) is 12.2. The van der Waals surface area contributed by atoms with Gasteiger partial charge in [0.2, 0.25) is 0 Å². The minimum Gasteiger partial charge on any atom is -0.469 e. The molecule has 3 nitrogen and oxygen atoms in total. The molecule has 0 aliphatic carbocycles. The number of nitrogens with one attached hydrogen (secondary N) is 1. The van der Waals surface area contributed by atoms with E-state index in [1.165, 1.54) is 25.3 Å². The summed E-state index contributed by atoms with van der Waals surface area (Å²) < 4.78 is 17.6. The molecule has 0 amide bonds. The van der Waals surface area contributed by atoms with Crippen molar-refractivity contribution in [3.8, 4) is 0 Å². The van der Waals surface area contributed by atoms with Crippen molar-refractivity contribution in [1.82, 2.24) is 5.32 Å². The molecule has 1 atom stereocenters. The van der Waals surface area contributed by atoms with Crippen molar-refractivity contribution in [3.05, 3.63) is 34.6 Å². The number of benzene rings is 1. The fraction of sp³-hybridized carbons (Fsp3) is 0.364. The van der Waals surface area contributed by atoms with Gasteiger partial charge in [-0.1, -0.05) is 17.7 Å². The highest BCUT2D eigenvalue weighted by Gasteiger charge is 2.21. The second-order valence-corrected chi connectivity index (χ2v) is 3.71. The van der Waals surface area contributed by atoms with E-state index in [4.69, 9.17) is 11.6 Å². The van der Waals surface area contributed by atoms with Crippen molar-refractivity contribution in [1.29, 1.82) is 0 Å². The van der Waals surface area contributed by atoms with Crippen LogP contribution >= 0.6 is 11.6 Å². The lowest BCUT2D eigenvalue weighted by Crippen LogP contribution is -2.25. The molecule has 0 radical (unpaired) electrons. The number of likely N-dealkylation sites (N-methyl/N-ethyl adjacent to an activating group) is 1. The van der Waals surface area contributed by atoms with Crippen molar-refractivity contribution >= 4 is 17.6 Å². The zero-order valence-corrected chi connectivity index (χ0v) is 9.84. The summed E-state index contributed by atoms with van der Waals surface area (Å²) in [6.07, 6.45) is 0. The van der Waals surface area contributed by atoms with Crippen LogP contribution in [0.5, 0.6) is 0 Å². The van der Waals surface area contributed by atoms with Gasteiger partial charge in [-0.25, -0.2) is 4.39 Å². The van der Waals surface area contributed by atoms with E-state index in [-0.39, 0.29) is 11.0 Å². The van der Waals surface area contributed by atoms with E-state index < -0.39 is 11.7 Å². The second-order valence-electron chi connectivity index (χ2n) is 3.31. The molecule has 16 heavy (non-hydrogen) atoms. The lowest BCUT2D eigenvalue weighted by molar-refractivity contribution is -0.142. The minimum atomic E-state index is -0.501. The monoisotopic (exact) mass is 245 g/mol. The summed E-state index contributed by atoms with van der Waals surface area (Å²) in [4.78, 5) is 11.5. The number of rotatable bonds is 4. The largest absolute Gasteiger partial charge is 0.469 e. The summed E-state index contributed by atoms with van der Waals surface area (Å²) in [5.41, 5.74) is 0.632. The van der Waals surface area contributed by atoms with Gasteiger partial charge < -0.3 is 10.1 Å². The summed E-state index contributed by atoms with van der Waals surface area (Å²) in [7, 11) is 3.04.